The van der Waals surface area contributed by atoms with Gasteiger partial charge in [0.2, 0.25) is 0 Å². The van der Waals surface area contributed by atoms with Gasteiger partial charge in [-0.15, -0.1) is 11.6 Å². The van der Waals surface area contributed by atoms with Crippen molar-refractivity contribution in [2.45, 2.75) is 25.1 Å². The van der Waals surface area contributed by atoms with E-state index in [0.29, 0.717) is 6.42 Å². The molecule has 2 nitrogen and oxygen atoms in total. The van der Waals surface area contributed by atoms with Crippen LogP contribution in [0.15, 0.2) is 0 Å². The van der Waals surface area contributed by atoms with E-state index >= 15 is 0 Å². The van der Waals surface area contributed by atoms with Crippen molar-refractivity contribution in [3.8, 4) is 0 Å². The molecule has 0 aliphatic carbocycles. The lowest BCUT2D eigenvalue weighted by molar-refractivity contribution is -0.139. The van der Waals surface area contributed by atoms with E-state index in [-0.39, 0.29) is 0 Å². The molecule has 0 rings (SSSR count). The summed E-state index contributed by atoms with van der Waals surface area (Å²) in [6.45, 7) is 3.22. The predicted octanol–water partition coefficient (Wildman–Crippen LogP) is 1.48. The normalized spacial score (nSPS) is 17.4. The Kier molecular flexibility index (Phi) is 2.28. The second kappa shape index (κ2) is 2.35. The Bertz CT molecular complexity index is 98.6. The van der Waals surface area contributed by atoms with Crippen LogP contribution in [0.2, 0.25) is 0 Å². The molecule has 0 saturated carbocycles. The summed E-state index contributed by atoms with van der Waals surface area (Å²) in [5.41, 5.74) is 0. The molecule has 0 heterocycles. The smallest absolute Gasteiger partial charge is 0.324 e. The summed E-state index contributed by atoms with van der Waals surface area (Å²) >= 11 is 5.46. The van der Waals surface area contributed by atoms with Crippen LogP contribution in [-0.4, -0.2) is 16.0 Å². The van der Waals surface area contributed by atoms with Gasteiger partial charge in [-0.3, -0.25) is 4.79 Å². The van der Waals surface area contributed by atoms with E-state index < -0.39 is 10.8 Å². The first-order chi connectivity index (χ1) is 3.50. The molecule has 3 heteroatoms. The topological polar surface area (TPSA) is 37.3 Å². The van der Waals surface area contributed by atoms with Gasteiger partial charge in [0.1, 0.15) is 4.87 Å². The van der Waals surface area contributed by atoms with Gasteiger partial charge in [0.05, 0.1) is 0 Å². The number of carboxylic acid groups (broad SMARTS) is 1. The van der Waals surface area contributed by atoms with Crippen molar-refractivity contribution in [2.75, 3.05) is 0 Å². The number of hydrogen-bond donors (Lipinski definition) is 1. The largest absolute Gasteiger partial charge is 0.480 e. The number of carbonyl (C=O) groups is 1. The minimum absolute atomic E-state index is 0.448. The third-order valence-corrected chi connectivity index (χ3v) is 1.54. The Morgan fingerprint density at radius 1 is 1.88 bits per heavy atom. The number of halogens is 1. The zero-order chi connectivity index (χ0) is 6.78. The van der Waals surface area contributed by atoms with E-state index in [0.717, 1.165) is 0 Å². The Balaban J connectivity index is 3.91. The molecule has 0 amide bonds. The zero-order valence-corrected chi connectivity index (χ0v) is 5.70. The first kappa shape index (κ1) is 7.76. The van der Waals surface area contributed by atoms with Gasteiger partial charge in [0.25, 0.3) is 0 Å². The number of alkyl halides is 1. The molecule has 0 radical (unpaired) electrons. The molecule has 1 N–H and O–H groups in total. The van der Waals surface area contributed by atoms with E-state index in [1.165, 1.54) is 6.92 Å². The summed E-state index contributed by atoms with van der Waals surface area (Å²) in [6, 6.07) is 0. The Morgan fingerprint density at radius 3 is 2.25 bits per heavy atom. The molecule has 0 aliphatic heterocycles. The lowest BCUT2D eigenvalue weighted by Gasteiger charge is -2.11. The highest BCUT2D eigenvalue weighted by molar-refractivity contribution is 6.33. The molecule has 0 aromatic rings. The molecule has 1 atom stereocenters. The quantitative estimate of drug-likeness (QED) is 0.584. The van der Waals surface area contributed by atoms with E-state index in [9.17, 15) is 4.79 Å². The fourth-order valence-electron chi connectivity index (χ4n) is 0.151. The van der Waals surface area contributed by atoms with Crippen LogP contribution >= 0.6 is 11.6 Å². The van der Waals surface area contributed by atoms with Crippen molar-refractivity contribution in [2.24, 2.45) is 0 Å². The molecular formula is C5H9ClO2. The van der Waals surface area contributed by atoms with Crippen molar-refractivity contribution in [3.63, 3.8) is 0 Å². The summed E-state index contributed by atoms with van der Waals surface area (Å²) in [5, 5.41) is 8.31. The van der Waals surface area contributed by atoms with Crippen LogP contribution in [-0.2, 0) is 4.79 Å². The number of rotatable bonds is 2. The van der Waals surface area contributed by atoms with Crippen molar-refractivity contribution in [1.82, 2.24) is 0 Å². The first-order valence-electron chi connectivity index (χ1n) is 2.43. The molecule has 0 fully saturated rings. The summed E-state index contributed by atoms with van der Waals surface area (Å²) in [5.74, 6) is -0.957. The van der Waals surface area contributed by atoms with Gasteiger partial charge in [0, 0.05) is 0 Å². The molecule has 0 aromatic heterocycles. The summed E-state index contributed by atoms with van der Waals surface area (Å²) in [7, 11) is 0. The van der Waals surface area contributed by atoms with E-state index in [1.807, 2.05) is 0 Å². The van der Waals surface area contributed by atoms with Gasteiger partial charge in [-0.05, 0) is 13.3 Å². The third-order valence-electron chi connectivity index (χ3n) is 1.11. The maximum atomic E-state index is 10.1. The number of hydrogen-bond acceptors (Lipinski definition) is 1. The van der Waals surface area contributed by atoms with Crippen molar-refractivity contribution in [3.05, 3.63) is 0 Å². The van der Waals surface area contributed by atoms with Gasteiger partial charge >= 0.3 is 5.97 Å². The van der Waals surface area contributed by atoms with Crippen LogP contribution < -0.4 is 0 Å². The van der Waals surface area contributed by atoms with E-state index in [2.05, 4.69) is 0 Å². The molecule has 0 saturated heterocycles. The van der Waals surface area contributed by atoms with Gasteiger partial charge < -0.3 is 5.11 Å². The highest BCUT2D eigenvalue weighted by Crippen LogP contribution is 2.17. The molecule has 0 aromatic carbocycles. The van der Waals surface area contributed by atoms with Crippen molar-refractivity contribution >= 4 is 17.6 Å². The maximum Gasteiger partial charge on any atom is 0.324 e. The fraction of sp³-hybridized carbons (Fsp3) is 0.800. The molecule has 0 bridgehead atoms. The number of carboxylic acids is 1. The highest BCUT2D eigenvalue weighted by atomic mass is 35.5. The average Bonchev–Trinajstić information content (AvgIpc) is 1.67. The monoisotopic (exact) mass is 136 g/mol. The summed E-state index contributed by atoms with van der Waals surface area (Å²) < 4.78 is 0. The Labute approximate surface area is 53.5 Å². The molecular weight excluding hydrogens is 128 g/mol. The van der Waals surface area contributed by atoms with E-state index in [4.69, 9.17) is 16.7 Å². The summed E-state index contributed by atoms with van der Waals surface area (Å²) in [6.07, 6.45) is 0.448. The minimum Gasteiger partial charge on any atom is -0.480 e. The number of aliphatic carboxylic acids is 1. The van der Waals surface area contributed by atoms with Gasteiger partial charge in [-0.25, -0.2) is 0 Å². The fourth-order valence-corrected chi connectivity index (χ4v) is 0.151. The minimum atomic E-state index is -1.07. The van der Waals surface area contributed by atoms with Crippen molar-refractivity contribution in [1.29, 1.82) is 0 Å². The highest BCUT2D eigenvalue weighted by Gasteiger charge is 2.26. The van der Waals surface area contributed by atoms with E-state index in [1.54, 1.807) is 6.92 Å². The van der Waals surface area contributed by atoms with Crippen LogP contribution in [0.1, 0.15) is 20.3 Å². The third kappa shape index (κ3) is 1.70. The van der Waals surface area contributed by atoms with Crippen LogP contribution in [0.4, 0.5) is 0 Å². The standard InChI is InChI=1S/C5H9ClO2/c1-3-5(2,6)4(7)8/h3H2,1-2H3,(H,7,8)/t5-/m1/s1. The Hall–Kier alpha value is -0.240. The molecule has 0 spiro atoms. The van der Waals surface area contributed by atoms with Crippen LogP contribution in [0.25, 0.3) is 0 Å². The van der Waals surface area contributed by atoms with Crippen LogP contribution in [0, 0.1) is 0 Å². The molecule has 0 aliphatic rings. The predicted molar refractivity (Wildman–Crippen MR) is 32.2 cm³/mol. The lowest BCUT2D eigenvalue weighted by Crippen LogP contribution is -2.26. The van der Waals surface area contributed by atoms with Gasteiger partial charge in [-0.2, -0.15) is 0 Å². The zero-order valence-electron chi connectivity index (χ0n) is 4.94. The SMILES string of the molecule is CC[C@@](C)(Cl)C(=O)O. The average molecular weight is 137 g/mol. The van der Waals surface area contributed by atoms with Crippen LogP contribution in [0.3, 0.4) is 0 Å². The molecule has 8 heavy (non-hydrogen) atoms. The van der Waals surface area contributed by atoms with Crippen molar-refractivity contribution < 1.29 is 9.90 Å². The maximum absolute atomic E-state index is 10.1. The summed E-state index contributed by atoms with van der Waals surface area (Å²) in [4.78, 5) is 9.05. The molecule has 48 valence electrons. The first-order valence-corrected chi connectivity index (χ1v) is 2.81. The van der Waals surface area contributed by atoms with Gasteiger partial charge in [-0.1, -0.05) is 6.92 Å². The molecule has 0 unspecified atom stereocenters. The van der Waals surface area contributed by atoms with Crippen LogP contribution in [0.5, 0.6) is 0 Å². The second-order valence-corrected chi connectivity index (χ2v) is 2.69. The second-order valence-electron chi connectivity index (χ2n) is 1.86. The Morgan fingerprint density at radius 2 is 2.25 bits per heavy atom. The lowest BCUT2D eigenvalue weighted by atomic mass is 10.1. The van der Waals surface area contributed by atoms with Gasteiger partial charge in [0.15, 0.2) is 0 Å².